The summed E-state index contributed by atoms with van der Waals surface area (Å²) in [4.78, 5) is 6.97. The van der Waals surface area contributed by atoms with E-state index in [1.54, 1.807) is 0 Å². The summed E-state index contributed by atoms with van der Waals surface area (Å²) in [6.07, 6.45) is 7.69. The van der Waals surface area contributed by atoms with Gasteiger partial charge in [0.25, 0.3) is 0 Å². The maximum absolute atomic E-state index is 5.89. The van der Waals surface area contributed by atoms with Crippen LogP contribution in [-0.4, -0.2) is 34.6 Å². The third kappa shape index (κ3) is 3.08. The molecule has 0 N–H and O–H groups in total. The second-order valence-corrected chi connectivity index (χ2v) is 6.99. The lowest BCUT2D eigenvalue weighted by atomic mass is 9.96. The molecule has 3 heteroatoms. The Labute approximate surface area is 116 Å². The Morgan fingerprint density at radius 1 is 1.37 bits per heavy atom. The summed E-state index contributed by atoms with van der Waals surface area (Å²) in [5.41, 5.74) is 1.15. The molecule has 19 heavy (non-hydrogen) atoms. The van der Waals surface area contributed by atoms with E-state index in [2.05, 4.69) is 36.7 Å². The van der Waals surface area contributed by atoms with Gasteiger partial charge < -0.3 is 4.74 Å². The molecular formula is C16H24N2O. The molecular weight excluding hydrogens is 236 g/mol. The minimum Gasteiger partial charge on any atom is -0.487 e. The maximum atomic E-state index is 5.89. The van der Waals surface area contributed by atoms with Crippen LogP contribution in [0.3, 0.4) is 0 Å². The Balaban J connectivity index is 1.66. The maximum Gasteiger partial charge on any atom is 0.138 e. The van der Waals surface area contributed by atoms with Gasteiger partial charge >= 0.3 is 0 Å². The highest BCUT2D eigenvalue weighted by Gasteiger charge is 2.37. The van der Waals surface area contributed by atoms with E-state index in [1.165, 1.54) is 31.5 Å². The molecule has 1 aromatic heterocycles. The van der Waals surface area contributed by atoms with E-state index in [1.807, 2.05) is 12.4 Å². The molecule has 0 aromatic carbocycles. The van der Waals surface area contributed by atoms with E-state index in [-0.39, 0.29) is 5.60 Å². The molecule has 3 atom stereocenters. The molecule has 104 valence electrons. The molecule has 0 spiro atoms. The first-order valence-corrected chi connectivity index (χ1v) is 7.36. The fraction of sp³-hybridized carbons (Fsp3) is 0.688. The summed E-state index contributed by atoms with van der Waals surface area (Å²) in [5.74, 6) is 1.84. The highest BCUT2D eigenvalue weighted by Crippen LogP contribution is 2.34. The first kappa shape index (κ1) is 12.9. The summed E-state index contributed by atoms with van der Waals surface area (Å²) in [6, 6.07) is 2.89. The molecule has 2 bridgehead atoms. The van der Waals surface area contributed by atoms with Crippen molar-refractivity contribution < 1.29 is 4.74 Å². The normalized spacial score (nSPS) is 29.7. The number of hydrogen-bond donors (Lipinski definition) is 0. The van der Waals surface area contributed by atoms with Crippen molar-refractivity contribution in [3.8, 4) is 5.75 Å². The second kappa shape index (κ2) is 4.78. The zero-order valence-electron chi connectivity index (χ0n) is 12.2. The van der Waals surface area contributed by atoms with Gasteiger partial charge in [-0.1, -0.05) is 0 Å². The van der Waals surface area contributed by atoms with E-state index >= 15 is 0 Å². The Kier molecular flexibility index (Phi) is 3.25. The van der Waals surface area contributed by atoms with Gasteiger partial charge in [-0.25, -0.2) is 0 Å². The molecule has 2 saturated heterocycles. The lowest BCUT2D eigenvalue weighted by Crippen LogP contribution is -2.31. The van der Waals surface area contributed by atoms with Crippen molar-refractivity contribution >= 4 is 0 Å². The Bertz CT molecular complexity index is 452. The van der Waals surface area contributed by atoms with Crippen molar-refractivity contribution in [2.75, 3.05) is 13.1 Å². The third-order valence-electron chi connectivity index (χ3n) is 4.10. The van der Waals surface area contributed by atoms with Crippen molar-refractivity contribution in [2.45, 2.75) is 51.7 Å². The minimum atomic E-state index is -0.157. The van der Waals surface area contributed by atoms with E-state index in [0.717, 1.165) is 24.1 Å². The van der Waals surface area contributed by atoms with Crippen molar-refractivity contribution in [1.29, 1.82) is 0 Å². The minimum absolute atomic E-state index is 0.157. The van der Waals surface area contributed by atoms with Gasteiger partial charge in [0, 0.05) is 18.8 Å². The van der Waals surface area contributed by atoms with Gasteiger partial charge in [0.1, 0.15) is 11.4 Å². The number of rotatable bonds is 3. The first-order chi connectivity index (χ1) is 8.99. The van der Waals surface area contributed by atoms with Crippen LogP contribution in [0.15, 0.2) is 18.5 Å². The Morgan fingerprint density at radius 2 is 2.21 bits per heavy atom. The number of piperidine rings is 1. The predicted molar refractivity (Wildman–Crippen MR) is 76.4 cm³/mol. The fourth-order valence-corrected chi connectivity index (χ4v) is 3.39. The molecule has 1 aromatic rings. The monoisotopic (exact) mass is 260 g/mol. The van der Waals surface area contributed by atoms with Crippen LogP contribution in [0.1, 0.15) is 39.2 Å². The molecule has 0 aliphatic carbocycles. The number of hydrogen-bond acceptors (Lipinski definition) is 3. The number of aromatic nitrogens is 1. The highest BCUT2D eigenvalue weighted by molar-refractivity contribution is 5.25. The van der Waals surface area contributed by atoms with E-state index in [9.17, 15) is 0 Å². The van der Waals surface area contributed by atoms with E-state index < -0.39 is 0 Å². The van der Waals surface area contributed by atoms with Crippen LogP contribution in [0.2, 0.25) is 0 Å². The quantitative estimate of drug-likeness (QED) is 0.835. The van der Waals surface area contributed by atoms with Gasteiger partial charge in [-0.05, 0) is 64.1 Å². The number of nitrogens with zero attached hydrogens (tertiary/aromatic N) is 2. The number of ether oxygens (including phenoxy) is 1. The summed E-state index contributed by atoms with van der Waals surface area (Å²) in [7, 11) is 0. The van der Waals surface area contributed by atoms with Gasteiger partial charge in [-0.15, -0.1) is 0 Å². The van der Waals surface area contributed by atoms with Gasteiger partial charge in [0.2, 0.25) is 0 Å². The van der Waals surface area contributed by atoms with Crippen molar-refractivity contribution in [3.63, 3.8) is 0 Å². The van der Waals surface area contributed by atoms with Gasteiger partial charge in [-0.3, -0.25) is 9.88 Å². The molecule has 2 fully saturated rings. The lowest BCUT2D eigenvalue weighted by molar-refractivity contribution is 0.130. The van der Waals surface area contributed by atoms with Gasteiger partial charge in [-0.2, -0.15) is 0 Å². The van der Waals surface area contributed by atoms with Crippen LogP contribution in [-0.2, 0) is 6.42 Å². The molecule has 2 aliphatic heterocycles. The Hall–Kier alpha value is -1.09. The predicted octanol–water partition coefficient (Wildman–Crippen LogP) is 2.90. The summed E-state index contributed by atoms with van der Waals surface area (Å²) < 4.78 is 5.89. The summed E-state index contributed by atoms with van der Waals surface area (Å²) in [5, 5.41) is 0. The zero-order chi connectivity index (χ0) is 13.5. The van der Waals surface area contributed by atoms with Crippen LogP contribution in [0, 0.1) is 5.92 Å². The highest BCUT2D eigenvalue weighted by atomic mass is 16.5. The number of pyridine rings is 1. The molecule has 0 radical (unpaired) electrons. The van der Waals surface area contributed by atoms with Crippen molar-refractivity contribution in [2.24, 2.45) is 5.92 Å². The topological polar surface area (TPSA) is 25.4 Å². The average Bonchev–Trinajstić information content (AvgIpc) is 2.88. The standard InChI is InChI=1S/C16H24N2O/c1-16(2,3)19-15-8-13(9-17-10-15)7-14-6-12-4-5-18(14)11-12/h8-10,12,14H,4-7,11H2,1-3H3. The molecule has 3 unspecified atom stereocenters. The van der Waals surface area contributed by atoms with Gasteiger partial charge in [0.15, 0.2) is 0 Å². The fourth-order valence-electron chi connectivity index (χ4n) is 3.39. The van der Waals surface area contributed by atoms with Crippen molar-refractivity contribution in [1.82, 2.24) is 9.88 Å². The molecule has 0 amide bonds. The third-order valence-corrected chi connectivity index (χ3v) is 4.10. The van der Waals surface area contributed by atoms with Crippen LogP contribution >= 0.6 is 0 Å². The SMILES string of the molecule is CC(C)(C)Oc1cncc(CC2CC3CCN2C3)c1. The lowest BCUT2D eigenvalue weighted by Gasteiger charge is -2.25. The first-order valence-electron chi connectivity index (χ1n) is 7.36. The van der Waals surface area contributed by atoms with E-state index in [0.29, 0.717) is 0 Å². The number of fused-ring (bicyclic) bond motifs is 2. The van der Waals surface area contributed by atoms with Crippen LogP contribution in [0.25, 0.3) is 0 Å². The van der Waals surface area contributed by atoms with E-state index in [4.69, 9.17) is 4.74 Å². The molecule has 0 saturated carbocycles. The second-order valence-electron chi connectivity index (χ2n) is 6.99. The zero-order valence-corrected chi connectivity index (χ0v) is 12.2. The smallest absolute Gasteiger partial charge is 0.138 e. The Morgan fingerprint density at radius 3 is 2.84 bits per heavy atom. The van der Waals surface area contributed by atoms with Crippen LogP contribution in [0.5, 0.6) is 5.75 Å². The average molecular weight is 260 g/mol. The summed E-state index contributed by atoms with van der Waals surface area (Å²) in [6.45, 7) is 8.82. The van der Waals surface area contributed by atoms with Gasteiger partial charge in [0.05, 0.1) is 6.20 Å². The molecule has 3 nitrogen and oxygen atoms in total. The largest absolute Gasteiger partial charge is 0.487 e. The van der Waals surface area contributed by atoms with Crippen LogP contribution < -0.4 is 4.74 Å². The molecule has 3 heterocycles. The summed E-state index contributed by atoms with van der Waals surface area (Å²) >= 11 is 0. The van der Waals surface area contributed by atoms with Crippen LogP contribution in [0.4, 0.5) is 0 Å². The van der Waals surface area contributed by atoms with Crippen molar-refractivity contribution in [3.05, 3.63) is 24.0 Å². The molecule has 2 aliphatic rings. The molecule has 3 rings (SSSR count).